The second-order valence-corrected chi connectivity index (χ2v) is 10.7. The normalized spacial score (nSPS) is 22.8. The Bertz CT molecular complexity index is 821. The number of carbonyl (C=O) groups excluding carboxylic acids is 2. The van der Waals surface area contributed by atoms with Crippen LogP contribution in [-0.4, -0.2) is 69.9 Å². The lowest BCUT2D eigenvalue weighted by molar-refractivity contribution is -0.144. The Morgan fingerprint density at radius 1 is 1.09 bits per heavy atom. The van der Waals surface area contributed by atoms with Crippen molar-refractivity contribution in [3.8, 4) is 0 Å². The van der Waals surface area contributed by atoms with E-state index in [9.17, 15) is 9.59 Å². The first-order valence-corrected chi connectivity index (χ1v) is 12.6. The molecule has 3 heterocycles. The fourth-order valence-corrected chi connectivity index (χ4v) is 5.19. The van der Waals surface area contributed by atoms with Crippen LogP contribution in [0.5, 0.6) is 0 Å². The van der Waals surface area contributed by atoms with Gasteiger partial charge in [0.25, 0.3) is 0 Å². The van der Waals surface area contributed by atoms with Crippen LogP contribution in [-0.2, 0) is 22.6 Å². The van der Waals surface area contributed by atoms with Gasteiger partial charge in [-0.3, -0.25) is 9.59 Å². The van der Waals surface area contributed by atoms with Gasteiger partial charge < -0.3 is 19.7 Å². The highest BCUT2D eigenvalue weighted by Gasteiger charge is 2.32. The molecule has 1 unspecified atom stereocenters. The summed E-state index contributed by atoms with van der Waals surface area (Å²) in [4.78, 5) is 34.3. The number of hydrogen-bond acceptors (Lipinski definition) is 4. The van der Waals surface area contributed by atoms with Gasteiger partial charge in [-0.25, -0.2) is 4.98 Å². The third-order valence-corrected chi connectivity index (χ3v) is 7.53. The average Bonchev–Trinajstić information content (AvgIpc) is 3.54. The largest absolute Gasteiger partial charge is 0.341 e. The Morgan fingerprint density at radius 2 is 1.81 bits per heavy atom. The average molecular weight is 444 g/mol. The van der Waals surface area contributed by atoms with Crippen molar-refractivity contribution in [2.45, 2.75) is 78.8 Å². The van der Waals surface area contributed by atoms with Gasteiger partial charge >= 0.3 is 0 Å². The zero-order valence-corrected chi connectivity index (χ0v) is 20.4. The van der Waals surface area contributed by atoms with E-state index in [1.165, 1.54) is 24.4 Å². The van der Waals surface area contributed by atoms with E-state index in [1.54, 1.807) is 4.90 Å². The molecule has 7 nitrogen and oxygen atoms in total. The molecular weight excluding hydrogens is 402 g/mol. The van der Waals surface area contributed by atoms with Crippen molar-refractivity contribution in [1.29, 1.82) is 0 Å². The summed E-state index contributed by atoms with van der Waals surface area (Å²) in [6.07, 6.45) is 6.58. The van der Waals surface area contributed by atoms with E-state index in [2.05, 4.69) is 37.6 Å². The highest BCUT2D eigenvalue weighted by Crippen LogP contribution is 2.32. The van der Waals surface area contributed by atoms with Crippen LogP contribution < -0.4 is 5.32 Å². The van der Waals surface area contributed by atoms with Crippen molar-refractivity contribution >= 4 is 11.8 Å². The predicted octanol–water partition coefficient (Wildman–Crippen LogP) is 2.54. The SMILES string of the molecule is Cc1nc(CC2CCN(C(=O)CN3CCNC(CC(C)C)C3=O)CC2)n(CC2CC2)c1C. The Labute approximate surface area is 192 Å². The van der Waals surface area contributed by atoms with Gasteiger partial charge in [0.05, 0.1) is 18.3 Å². The van der Waals surface area contributed by atoms with Gasteiger partial charge in [0, 0.05) is 44.8 Å². The highest BCUT2D eigenvalue weighted by molar-refractivity contribution is 5.88. The molecule has 1 saturated carbocycles. The van der Waals surface area contributed by atoms with Crippen LogP contribution in [0.3, 0.4) is 0 Å². The van der Waals surface area contributed by atoms with E-state index in [4.69, 9.17) is 4.98 Å². The first-order valence-electron chi connectivity index (χ1n) is 12.6. The minimum Gasteiger partial charge on any atom is -0.341 e. The quantitative estimate of drug-likeness (QED) is 0.670. The molecule has 1 N–H and O–H groups in total. The van der Waals surface area contributed by atoms with Gasteiger partial charge in [0.2, 0.25) is 11.8 Å². The van der Waals surface area contributed by atoms with Gasteiger partial charge in [-0.05, 0) is 63.7 Å². The van der Waals surface area contributed by atoms with Crippen molar-refractivity contribution in [1.82, 2.24) is 24.7 Å². The smallest absolute Gasteiger partial charge is 0.242 e. The number of carbonyl (C=O) groups is 2. The molecule has 7 heteroatoms. The molecule has 1 aliphatic carbocycles. The van der Waals surface area contributed by atoms with Crippen LogP contribution in [0.1, 0.15) is 63.2 Å². The lowest BCUT2D eigenvalue weighted by atomic mass is 9.93. The molecule has 4 rings (SSSR count). The minimum atomic E-state index is -0.145. The van der Waals surface area contributed by atoms with Gasteiger partial charge in [0.15, 0.2) is 0 Å². The number of amides is 2. The van der Waals surface area contributed by atoms with Crippen LogP contribution >= 0.6 is 0 Å². The maximum absolute atomic E-state index is 12.9. The minimum absolute atomic E-state index is 0.0847. The summed E-state index contributed by atoms with van der Waals surface area (Å²) < 4.78 is 2.45. The van der Waals surface area contributed by atoms with Gasteiger partial charge in [0.1, 0.15) is 5.82 Å². The zero-order chi connectivity index (χ0) is 22.8. The maximum Gasteiger partial charge on any atom is 0.242 e. The van der Waals surface area contributed by atoms with Crippen molar-refractivity contribution in [3.05, 3.63) is 17.2 Å². The number of piperidine rings is 1. The Morgan fingerprint density at radius 3 is 2.47 bits per heavy atom. The number of piperazine rings is 1. The second-order valence-electron chi connectivity index (χ2n) is 10.7. The zero-order valence-electron chi connectivity index (χ0n) is 20.4. The number of nitrogens with zero attached hydrogens (tertiary/aromatic N) is 4. The highest BCUT2D eigenvalue weighted by atomic mass is 16.2. The van der Waals surface area contributed by atoms with Crippen LogP contribution in [0.25, 0.3) is 0 Å². The lowest BCUT2D eigenvalue weighted by Gasteiger charge is -2.36. The van der Waals surface area contributed by atoms with E-state index in [0.29, 0.717) is 18.4 Å². The number of aromatic nitrogens is 2. The summed E-state index contributed by atoms with van der Waals surface area (Å²) in [6, 6.07) is -0.145. The fraction of sp³-hybridized carbons (Fsp3) is 0.800. The first-order chi connectivity index (χ1) is 15.3. The molecule has 0 spiro atoms. The van der Waals surface area contributed by atoms with Crippen LogP contribution in [0.2, 0.25) is 0 Å². The Kier molecular flexibility index (Phi) is 7.23. The van der Waals surface area contributed by atoms with E-state index in [1.807, 2.05) is 4.90 Å². The van der Waals surface area contributed by atoms with E-state index in [0.717, 1.165) is 63.5 Å². The third-order valence-electron chi connectivity index (χ3n) is 7.53. The van der Waals surface area contributed by atoms with Gasteiger partial charge in [-0.2, -0.15) is 0 Å². The molecule has 0 bridgehead atoms. The molecule has 32 heavy (non-hydrogen) atoms. The predicted molar refractivity (Wildman–Crippen MR) is 125 cm³/mol. The number of aryl methyl sites for hydroxylation is 1. The molecule has 3 aliphatic rings. The number of hydrogen-bond donors (Lipinski definition) is 1. The summed E-state index contributed by atoms with van der Waals surface area (Å²) in [7, 11) is 0. The third kappa shape index (κ3) is 5.53. The van der Waals surface area contributed by atoms with E-state index < -0.39 is 0 Å². The summed E-state index contributed by atoms with van der Waals surface area (Å²) in [5, 5.41) is 3.31. The maximum atomic E-state index is 12.9. The number of likely N-dealkylation sites (tertiary alicyclic amines) is 1. The van der Waals surface area contributed by atoms with Crippen molar-refractivity contribution in [2.24, 2.45) is 17.8 Å². The summed E-state index contributed by atoms with van der Waals surface area (Å²) in [5.74, 6) is 3.30. The summed E-state index contributed by atoms with van der Waals surface area (Å²) >= 11 is 0. The number of nitrogens with one attached hydrogen (secondary N) is 1. The molecule has 178 valence electrons. The van der Waals surface area contributed by atoms with Crippen molar-refractivity contribution < 1.29 is 9.59 Å². The molecular formula is C25H41N5O2. The van der Waals surface area contributed by atoms with Crippen LogP contribution in [0.4, 0.5) is 0 Å². The summed E-state index contributed by atoms with van der Waals surface area (Å²) in [5.41, 5.74) is 2.47. The first kappa shape index (κ1) is 23.3. The molecule has 0 aromatic carbocycles. The van der Waals surface area contributed by atoms with Gasteiger partial charge in [-0.1, -0.05) is 13.8 Å². The van der Waals surface area contributed by atoms with E-state index >= 15 is 0 Å². The molecule has 2 saturated heterocycles. The molecule has 3 fully saturated rings. The molecule has 1 atom stereocenters. The Hall–Kier alpha value is -1.89. The van der Waals surface area contributed by atoms with Gasteiger partial charge in [-0.15, -0.1) is 0 Å². The number of rotatable bonds is 8. The summed E-state index contributed by atoms with van der Waals surface area (Å²) in [6.45, 7) is 12.9. The molecule has 2 amide bonds. The van der Waals surface area contributed by atoms with Crippen molar-refractivity contribution in [3.63, 3.8) is 0 Å². The fourth-order valence-electron chi connectivity index (χ4n) is 5.19. The van der Waals surface area contributed by atoms with Crippen LogP contribution in [0, 0.1) is 31.6 Å². The monoisotopic (exact) mass is 443 g/mol. The molecule has 2 aliphatic heterocycles. The standard InChI is InChI=1S/C25H41N5O2/c1-17(2)13-22-25(32)29(12-9-26-22)16-24(31)28-10-7-20(8-11-28)14-23-27-18(3)19(4)30(23)15-21-5-6-21/h17,20-22,26H,5-16H2,1-4H3. The molecule has 1 aromatic rings. The molecule has 0 radical (unpaired) electrons. The van der Waals surface area contributed by atoms with Crippen molar-refractivity contribution in [2.75, 3.05) is 32.7 Å². The Balaban J connectivity index is 1.27. The lowest BCUT2D eigenvalue weighted by Crippen LogP contribution is -2.57. The number of imidazole rings is 1. The van der Waals surface area contributed by atoms with Crippen LogP contribution in [0.15, 0.2) is 0 Å². The van der Waals surface area contributed by atoms with E-state index in [-0.39, 0.29) is 24.4 Å². The second kappa shape index (κ2) is 9.94. The topological polar surface area (TPSA) is 70.5 Å². The molecule has 1 aromatic heterocycles.